The maximum Gasteiger partial charge on any atom is 0.132 e. The van der Waals surface area contributed by atoms with Crippen LogP contribution in [-0.4, -0.2) is 36.3 Å². The number of benzene rings is 1. The van der Waals surface area contributed by atoms with Gasteiger partial charge in [-0.05, 0) is 11.6 Å². The predicted molar refractivity (Wildman–Crippen MR) is 100 cm³/mol. The van der Waals surface area contributed by atoms with E-state index < -0.39 is 0 Å². The number of nitrogens with zero attached hydrogens (tertiary/aromatic N) is 6. The third-order valence-electron chi connectivity index (χ3n) is 4.22. The molecular formula is C19H17N7O. The zero-order valence-electron chi connectivity index (χ0n) is 14.4. The van der Waals surface area contributed by atoms with Crippen LogP contribution in [0, 0.1) is 11.3 Å². The van der Waals surface area contributed by atoms with E-state index in [2.05, 4.69) is 26.6 Å². The van der Waals surface area contributed by atoms with E-state index in [1.165, 1.54) is 0 Å². The molecule has 0 spiro atoms. The molecule has 0 aliphatic rings. The topological polar surface area (TPSA) is 105 Å². The van der Waals surface area contributed by atoms with Crippen molar-refractivity contribution in [2.24, 2.45) is 0 Å². The van der Waals surface area contributed by atoms with E-state index in [-0.39, 0.29) is 6.61 Å². The van der Waals surface area contributed by atoms with Crippen molar-refractivity contribution in [1.82, 2.24) is 24.5 Å². The maximum absolute atomic E-state index is 9.29. The minimum Gasteiger partial charge on any atom is -0.394 e. The van der Waals surface area contributed by atoms with Crippen molar-refractivity contribution in [3.8, 4) is 6.07 Å². The van der Waals surface area contributed by atoms with Gasteiger partial charge in [-0.2, -0.15) is 15.5 Å². The molecule has 27 heavy (non-hydrogen) atoms. The molecule has 0 aliphatic heterocycles. The van der Waals surface area contributed by atoms with Crippen LogP contribution in [0.4, 0.5) is 11.5 Å². The fraction of sp³-hybridized carbons (Fsp3) is 0.158. The van der Waals surface area contributed by atoms with Gasteiger partial charge in [-0.3, -0.25) is 9.36 Å². The molecule has 3 aromatic heterocycles. The van der Waals surface area contributed by atoms with Gasteiger partial charge < -0.3 is 10.4 Å². The van der Waals surface area contributed by atoms with Gasteiger partial charge >= 0.3 is 0 Å². The summed E-state index contributed by atoms with van der Waals surface area (Å²) in [5.41, 5.74) is 3.27. The molecule has 0 amide bonds. The number of nitriles is 1. The lowest BCUT2D eigenvalue weighted by Gasteiger charge is -2.07. The van der Waals surface area contributed by atoms with Crippen molar-refractivity contribution in [3.63, 3.8) is 0 Å². The second-order valence-electron chi connectivity index (χ2n) is 6.04. The minimum atomic E-state index is 0.0364. The molecule has 0 unspecified atom stereocenters. The van der Waals surface area contributed by atoms with Gasteiger partial charge in [-0.15, -0.1) is 0 Å². The molecule has 0 bridgehead atoms. The summed E-state index contributed by atoms with van der Waals surface area (Å²) in [5, 5.41) is 31.0. The number of pyridine rings is 1. The molecule has 0 atom stereocenters. The Hall–Kier alpha value is -3.70. The van der Waals surface area contributed by atoms with E-state index >= 15 is 0 Å². The molecule has 0 radical (unpaired) electrons. The van der Waals surface area contributed by atoms with Crippen LogP contribution in [0.5, 0.6) is 0 Å². The summed E-state index contributed by atoms with van der Waals surface area (Å²) in [5.74, 6) is 0.668. The fourth-order valence-corrected chi connectivity index (χ4v) is 2.90. The molecule has 3 heterocycles. The number of rotatable bonds is 6. The highest BCUT2D eigenvalue weighted by atomic mass is 16.3. The summed E-state index contributed by atoms with van der Waals surface area (Å²) in [6, 6.07) is 11.6. The van der Waals surface area contributed by atoms with Crippen LogP contribution in [0.15, 0.2) is 55.1 Å². The molecule has 4 aromatic rings. The number of aliphatic hydroxyl groups excluding tert-OH is 1. The Kier molecular flexibility index (Phi) is 4.51. The lowest BCUT2D eigenvalue weighted by Crippen LogP contribution is -2.04. The van der Waals surface area contributed by atoms with E-state index in [0.29, 0.717) is 24.5 Å². The van der Waals surface area contributed by atoms with Crippen LogP contribution in [-0.2, 0) is 13.1 Å². The van der Waals surface area contributed by atoms with Crippen molar-refractivity contribution in [3.05, 3.63) is 66.2 Å². The van der Waals surface area contributed by atoms with Gasteiger partial charge in [0.05, 0.1) is 54.9 Å². The maximum atomic E-state index is 9.29. The van der Waals surface area contributed by atoms with Gasteiger partial charge in [0.2, 0.25) is 0 Å². The first-order chi connectivity index (χ1) is 13.3. The van der Waals surface area contributed by atoms with Gasteiger partial charge in [0, 0.05) is 23.8 Å². The molecule has 2 N–H and O–H groups in total. The number of hydrogen-bond acceptors (Lipinski definition) is 6. The van der Waals surface area contributed by atoms with Crippen molar-refractivity contribution < 1.29 is 5.11 Å². The quantitative estimate of drug-likeness (QED) is 0.547. The SMILES string of the molecule is N#Cc1ccccc1Cn1ncc2cnc(Nc3cnn(CCO)c3)cc21. The molecule has 1 aromatic carbocycles. The van der Waals surface area contributed by atoms with Crippen LogP contribution >= 0.6 is 0 Å². The molecule has 0 aliphatic carbocycles. The van der Waals surface area contributed by atoms with Crippen molar-refractivity contribution in [1.29, 1.82) is 5.26 Å². The summed E-state index contributed by atoms with van der Waals surface area (Å²) in [4.78, 5) is 4.41. The summed E-state index contributed by atoms with van der Waals surface area (Å²) < 4.78 is 3.51. The molecule has 0 saturated heterocycles. The minimum absolute atomic E-state index is 0.0364. The Morgan fingerprint density at radius 3 is 2.89 bits per heavy atom. The third-order valence-corrected chi connectivity index (χ3v) is 4.22. The third kappa shape index (κ3) is 3.49. The molecule has 134 valence electrons. The molecule has 8 nitrogen and oxygen atoms in total. The zero-order valence-corrected chi connectivity index (χ0v) is 14.4. The Balaban J connectivity index is 1.62. The van der Waals surface area contributed by atoms with Gasteiger partial charge in [-0.1, -0.05) is 18.2 Å². The van der Waals surface area contributed by atoms with Crippen LogP contribution in [0.1, 0.15) is 11.1 Å². The van der Waals surface area contributed by atoms with Crippen molar-refractivity contribution >= 4 is 22.4 Å². The number of aliphatic hydroxyl groups is 1. The number of aromatic nitrogens is 5. The smallest absolute Gasteiger partial charge is 0.132 e. The average Bonchev–Trinajstić information content (AvgIpc) is 3.30. The normalized spacial score (nSPS) is 10.8. The zero-order chi connectivity index (χ0) is 18.6. The second-order valence-corrected chi connectivity index (χ2v) is 6.04. The highest BCUT2D eigenvalue weighted by Gasteiger charge is 2.09. The lowest BCUT2D eigenvalue weighted by molar-refractivity contribution is 0.269. The van der Waals surface area contributed by atoms with E-state index in [0.717, 1.165) is 22.2 Å². The Morgan fingerprint density at radius 1 is 1.15 bits per heavy atom. The first kappa shape index (κ1) is 16.8. The van der Waals surface area contributed by atoms with Crippen LogP contribution in [0.25, 0.3) is 10.9 Å². The highest BCUT2D eigenvalue weighted by molar-refractivity contribution is 5.81. The highest BCUT2D eigenvalue weighted by Crippen LogP contribution is 2.21. The van der Waals surface area contributed by atoms with E-state index in [4.69, 9.17) is 5.11 Å². The summed E-state index contributed by atoms with van der Waals surface area (Å²) in [6.45, 7) is 0.985. The lowest BCUT2D eigenvalue weighted by atomic mass is 10.1. The fourth-order valence-electron chi connectivity index (χ4n) is 2.90. The molecule has 4 rings (SSSR count). The predicted octanol–water partition coefficient (Wildman–Crippen LogP) is 2.28. The molecule has 8 heteroatoms. The van der Waals surface area contributed by atoms with Gasteiger partial charge in [0.25, 0.3) is 0 Å². The largest absolute Gasteiger partial charge is 0.394 e. The first-order valence-corrected chi connectivity index (χ1v) is 8.47. The van der Waals surface area contributed by atoms with Crippen molar-refractivity contribution in [2.75, 3.05) is 11.9 Å². The Morgan fingerprint density at radius 2 is 2.04 bits per heavy atom. The standard InChI is InChI=1S/C19H17N7O/c20-8-14-3-1-2-4-15(14)12-26-18-7-19(21-9-16(18)10-23-26)24-17-11-22-25(13-17)5-6-27/h1-4,7,9-11,13,27H,5-6,12H2,(H,21,24). The van der Waals surface area contributed by atoms with Gasteiger partial charge in [-0.25, -0.2) is 4.98 Å². The van der Waals surface area contributed by atoms with E-state index in [1.807, 2.05) is 35.1 Å². The number of hydrogen-bond donors (Lipinski definition) is 2. The molecule has 0 saturated carbocycles. The Labute approximate surface area is 155 Å². The van der Waals surface area contributed by atoms with Crippen LogP contribution < -0.4 is 5.32 Å². The second kappa shape index (κ2) is 7.27. The number of fused-ring (bicyclic) bond motifs is 1. The monoisotopic (exact) mass is 359 g/mol. The summed E-state index contributed by atoms with van der Waals surface area (Å²) in [6.07, 6.45) is 7.01. The number of anilines is 2. The Bertz CT molecular complexity index is 1120. The van der Waals surface area contributed by atoms with Crippen molar-refractivity contribution in [2.45, 2.75) is 13.1 Å². The van der Waals surface area contributed by atoms with Gasteiger partial charge in [0.15, 0.2) is 0 Å². The average molecular weight is 359 g/mol. The van der Waals surface area contributed by atoms with E-state index in [9.17, 15) is 5.26 Å². The number of nitrogens with one attached hydrogen (secondary N) is 1. The summed E-state index contributed by atoms with van der Waals surface area (Å²) in [7, 11) is 0. The molecular weight excluding hydrogens is 342 g/mol. The van der Waals surface area contributed by atoms with Crippen LogP contribution in [0.3, 0.4) is 0 Å². The van der Waals surface area contributed by atoms with E-state index in [1.54, 1.807) is 29.3 Å². The summed E-state index contributed by atoms with van der Waals surface area (Å²) >= 11 is 0. The van der Waals surface area contributed by atoms with Gasteiger partial charge in [0.1, 0.15) is 5.82 Å². The first-order valence-electron chi connectivity index (χ1n) is 8.47. The van der Waals surface area contributed by atoms with Crippen LogP contribution in [0.2, 0.25) is 0 Å². The molecule has 0 fully saturated rings.